The van der Waals surface area contributed by atoms with Crippen LogP contribution in [0.3, 0.4) is 0 Å². The summed E-state index contributed by atoms with van der Waals surface area (Å²) in [5, 5.41) is 19.3. The van der Waals surface area contributed by atoms with E-state index < -0.39 is 6.16 Å². The molecule has 30 heavy (non-hydrogen) atoms. The van der Waals surface area contributed by atoms with Gasteiger partial charge in [-0.3, -0.25) is 0 Å². The molecule has 3 aromatic rings. The van der Waals surface area contributed by atoms with E-state index in [0.29, 0.717) is 5.92 Å². The molecule has 0 unspecified atom stereocenters. The molecule has 2 heterocycles. The van der Waals surface area contributed by atoms with Gasteiger partial charge in [0.1, 0.15) is 16.5 Å². The van der Waals surface area contributed by atoms with Crippen molar-refractivity contribution in [1.29, 1.82) is 0 Å². The van der Waals surface area contributed by atoms with Crippen LogP contribution in [0.2, 0.25) is 5.02 Å². The highest BCUT2D eigenvalue weighted by Crippen LogP contribution is 2.39. The van der Waals surface area contributed by atoms with Crippen molar-refractivity contribution in [3.63, 3.8) is 0 Å². The largest absolute Gasteiger partial charge is 0.503 e. The van der Waals surface area contributed by atoms with Gasteiger partial charge in [-0.15, -0.1) is 11.3 Å². The van der Waals surface area contributed by atoms with Crippen LogP contribution in [0, 0.1) is 6.92 Å². The lowest BCUT2D eigenvalue weighted by atomic mass is 9.88. The van der Waals surface area contributed by atoms with Crippen LogP contribution >= 0.6 is 22.9 Å². The number of carboxylic acid groups (broad SMARTS) is 2. The zero-order chi connectivity index (χ0) is 21.5. The van der Waals surface area contributed by atoms with Crippen molar-refractivity contribution in [2.45, 2.75) is 51.4 Å². The first kappa shape index (κ1) is 22.3. The van der Waals surface area contributed by atoms with Gasteiger partial charge in [-0.25, -0.2) is 14.8 Å². The number of fused-ring (bicyclic) bond motifs is 1. The molecule has 1 aromatic carbocycles. The normalized spacial score (nSPS) is 14.2. The van der Waals surface area contributed by atoms with Gasteiger partial charge in [-0.1, -0.05) is 61.2 Å². The van der Waals surface area contributed by atoms with E-state index in [4.69, 9.17) is 36.6 Å². The Morgan fingerprint density at radius 3 is 2.50 bits per heavy atom. The molecule has 1 aliphatic carbocycles. The number of hydrogen-bond donors (Lipinski definition) is 3. The number of carbonyl (C=O) groups is 1. The second-order valence-corrected chi connectivity index (χ2v) is 8.94. The molecule has 0 bridgehead atoms. The summed E-state index contributed by atoms with van der Waals surface area (Å²) in [4.78, 5) is 20.5. The third kappa shape index (κ3) is 5.83. The molecule has 0 saturated heterocycles. The lowest BCUT2D eigenvalue weighted by molar-refractivity contribution is 0.137. The van der Waals surface area contributed by atoms with Gasteiger partial charge < -0.3 is 15.5 Å². The molecule has 0 atom stereocenters. The van der Waals surface area contributed by atoms with Crippen LogP contribution in [0.5, 0.6) is 0 Å². The number of benzene rings is 1. The lowest BCUT2D eigenvalue weighted by Crippen LogP contribution is -2.12. The van der Waals surface area contributed by atoms with Crippen molar-refractivity contribution in [2.75, 3.05) is 11.9 Å². The number of hydrogen-bond acceptors (Lipinski definition) is 5. The fourth-order valence-electron chi connectivity index (χ4n) is 3.74. The monoisotopic (exact) mass is 447 g/mol. The molecule has 1 aliphatic rings. The van der Waals surface area contributed by atoms with E-state index in [2.05, 4.69) is 42.6 Å². The molecule has 0 amide bonds. The lowest BCUT2D eigenvalue weighted by Gasteiger charge is -2.21. The van der Waals surface area contributed by atoms with E-state index in [0.717, 1.165) is 44.7 Å². The Bertz CT molecular complexity index is 984. The molecule has 2 aromatic heterocycles. The summed E-state index contributed by atoms with van der Waals surface area (Å²) in [6, 6.07) is 10.5. The Morgan fingerprint density at radius 1 is 1.17 bits per heavy atom. The SMILES string of the molecule is Cc1sc2nc(C3CCCCC3)nc(NCCc3ccccc3)c2c1Cl.O=C(O)O. The summed E-state index contributed by atoms with van der Waals surface area (Å²) < 4.78 is 0. The van der Waals surface area contributed by atoms with Gasteiger partial charge in [0.2, 0.25) is 0 Å². The highest BCUT2D eigenvalue weighted by Gasteiger charge is 2.22. The molecule has 0 aliphatic heterocycles. The number of nitrogens with one attached hydrogen (secondary N) is 1. The number of aryl methyl sites for hydroxylation is 1. The first-order valence-electron chi connectivity index (χ1n) is 10.1. The summed E-state index contributed by atoms with van der Waals surface area (Å²) in [5.41, 5.74) is 1.32. The predicted octanol–water partition coefficient (Wildman–Crippen LogP) is 6.58. The third-order valence-electron chi connectivity index (χ3n) is 5.19. The zero-order valence-corrected chi connectivity index (χ0v) is 18.5. The Kier molecular flexibility index (Phi) is 7.87. The second kappa shape index (κ2) is 10.6. The Balaban J connectivity index is 0.000000589. The molecule has 3 N–H and O–H groups in total. The van der Waals surface area contributed by atoms with Crippen molar-refractivity contribution in [2.24, 2.45) is 0 Å². The molecular weight excluding hydrogens is 422 g/mol. The number of aromatic nitrogens is 2. The quantitative estimate of drug-likeness (QED) is 0.409. The Morgan fingerprint density at radius 2 is 1.83 bits per heavy atom. The average molecular weight is 448 g/mol. The Labute approximate surface area is 185 Å². The van der Waals surface area contributed by atoms with E-state index >= 15 is 0 Å². The minimum absolute atomic E-state index is 0.490. The van der Waals surface area contributed by atoms with Crippen molar-refractivity contribution >= 4 is 45.1 Å². The van der Waals surface area contributed by atoms with E-state index in [1.807, 2.05) is 0 Å². The number of anilines is 1. The van der Waals surface area contributed by atoms with Gasteiger partial charge in [-0.2, -0.15) is 0 Å². The van der Waals surface area contributed by atoms with Crippen molar-refractivity contribution in [3.05, 3.63) is 51.6 Å². The third-order valence-corrected chi connectivity index (χ3v) is 6.77. The number of thiophene rings is 1. The molecule has 4 rings (SSSR count). The molecular formula is C22H26ClN3O3S. The van der Waals surface area contributed by atoms with Crippen LogP contribution in [-0.4, -0.2) is 32.9 Å². The van der Waals surface area contributed by atoms with Crippen LogP contribution < -0.4 is 5.32 Å². The molecule has 0 spiro atoms. The van der Waals surface area contributed by atoms with E-state index in [-0.39, 0.29) is 0 Å². The van der Waals surface area contributed by atoms with E-state index in [9.17, 15) is 0 Å². The van der Waals surface area contributed by atoms with Crippen molar-refractivity contribution in [1.82, 2.24) is 9.97 Å². The maximum absolute atomic E-state index is 8.56. The highest BCUT2D eigenvalue weighted by atomic mass is 35.5. The van der Waals surface area contributed by atoms with E-state index in [1.165, 1.54) is 37.7 Å². The maximum atomic E-state index is 8.56. The average Bonchev–Trinajstić information content (AvgIpc) is 3.03. The number of halogens is 1. The molecule has 1 fully saturated rings. The minimum atomic E-state index is -1.83. The minimum Gasteiger partial charge on any atom is -0.450 e. The summed E-state index contributed by atoms with van der Waals surface area (Å²) in [5.74, 6) is 2.39. The summed E-state index contributed by atoms with van der Waals surface area (Å²) in [6.07, 6.45) is 5.44. The van der Waals surface area contributed by atoms with Gasteiger partial charge in [0.25, 0.3) is 0 Å². The molecule has 8 heteroatoms. The van der Waals surface area contributed by atoms with Crippen LogP contribution in [0.4, 0.5) is 10.6 Å². The van der Waals surface area contributed by atoms with Gasteiger partial charge in [-0.05, 0) is 31.7 Å². The molecule has 1 saturated carbocycles. The molecule has 0 radical (unpaired) electrons. The number of rotatable bonds is 5. The summed E-state index contributed by atoms with van der Waals surface area (Å²) >= 11 is 8.25. The maximum Gasteiger partial charge on any atom is 0.503 e. The highest BCUT2D eigenvalue weighted by molar-refractivity contribution is 7.19. The van der Waals surface area contributed by atoms with Crippen molar-refractivity contribution < 1.29 is 15.0 Å². The molecule has 160 valence electrons. The van der Waals surface area contributed by atoms with Crippen LogP contribution in [0.1, 0.15) is 54.3 Å². The van der Waals surface area contributed by atoms with E-state index in [1.54, 1.807) is 11.3 Å². The first-order chi connectivity index (χ1) is 14.5. The van der Waals surface area contributed by atoms with Crippen LogP contribution in [0.25, 0.3) is 10.2 Å². The topological polar surface area (TPSA) is 95.3 Å². The van der Waals surface area contributed by atoms with Crippen LogP contribution in [0.15, 0.2) is 30.3 Å². The zero-order valence-electron chi connectivity index (χ0n) is 16.9. The second-order valence-electron chi connectivity index (χ2n) is 7.36. The smallest absolute Gasteiger partial charge is 0.450 e. The van der Waals surface area contributed by atoms with Gasteiger partial charge >= 0.3 is 6.16 Å². The predicted molar refractivity (Wildman–Crippen MR) is 122 cm³/mol. The standard InChI is InChI=1S/C21H24ClN3S.CH2O3/c1-14-18(22)17-20(23-13-12-15-8-4-2-5-9-15)24-19(25-21(17)26-14)16-10-6-3-7-11-16;2-1(3)4/h2,4-5,8-9,16H,3,6-7,10-13H2,1H3,(H,23,24,25);(H2,2,3,4). The fourth-order valence-corrected chi connectivity index (χ4v) is 5.01. The van der Waals surface area contributed by atoms with Crippen LogP contribution in [-0.2, 0) is 6.42 Å². The fraction of sp³-hybridized carbons (Fsp3) is 0.409. The van der Waals surface area contributed by atoms with Gasteiger partial charge in [0.15, 0.2) is 0 Å². The first-order valence-corrected chi connectivity index (χ1v) is 11.3. The Hall–Kier alpha value is -2.38. The number of nitrogens with zero attached hydrogens (tertiary/aromatic N) is 2. The summed E-state index contributed by atoms with van der Waals surface area (Å²) in [7, 11) is 0. The van der Waals surface area contributed by atoms with Gasteiger partial charge in [0, 0.05) is 17.3 Å². The molecule has 6 nitrogen and oxygen atoms in total. The van der Waals surface area contributed by atoms with Crippen molar-refractivity contribution in [3.8, 4) is 0 Å². The summed E-state index contributed by atoms with van der Waals surface area (Å²) in [6.45, 7) is 2.90. The van der Waals surface area contributed by atoms with Gasteiger partial charge in [0.05, 0.1) is 10.4 Å².